The van der Waals surface area contributed by atoms with Gasteiger partial charge in [0.25, 0.3) is 11.1 Å². The molecule has 1 aliphatic heterocycles. The van der Waals surface area contributed by atoms with Crippen LogP contribution in [0.2, 0.25) is 0 Å². The van der Waals surface area contributed by atoms with Gasteiger partial charge in [0.1, 0.15) is 5.75 Å². The van der Waals surface area contributed by atoms with E-state index in [-0.39, 0.29) is 21.5 Å². The minimum atomic E-state index is -4.89. The lowest BCUT2D eigenvalue weighted by molar-refractivity contribution is -0.274. The summed E-state index contributed by atoms with van der Waals surface area (Å²) in [7, 11) is 0. The Balaban J connectivity index is 1.87. The summed E-state index contributed by atoms with van der Waals surface area (Å²) in [6.45, 7) is 10.6. The number of amides is 2. The van der Waals surface area contributed by atoms with Crippen LogP contribution in [-0.2, 0) is 15.6 Å². The van der Waals surface area contributed by atoms with Gasteiger partial charge in [0.2, 0.25) is 0 Å². The molecule has 0 spiro atoms. The van der Waals surface area contributed by atoms with Gasteiger partial charge in [-0.15, -0.1) is 13.2 Å². The van der Waals surface area contributed by atoms with Crippen molar-refractivity contribution in [1.29, 1.82) is 0 Å². The van der Waals surface area contributed by atoms with E-state index in [4.69, 9.17) is 0 Å². The van der Waals surface area contributed by atoms with Crippen LogP contribution in [0.15, 0.2) is 35.2 Å². The van der Waals surface area contributed by atoms with Crippen LogP contribution in [0, 0.1) is 6.92 Å². The van der Waals surface area contributed by atoms with E-state index >= 15 is 0 Å². The van der Waals surface area contributed by atoms with E-state index in [1.54, 1.807) is 12.1 Å². The maximum Gasteiger partial charge on any atom is 0.573 e. The number of ether oxygens (including phenoxy) is 1. The van der Waals surface area contributed by atoms with Crippen LogP contribution < -0.4 is 10.1 Å². The third kappa shape index (κ3) is 4.73. The van der Waals surface area contributed by atoms with Crippen LogP contribution in [0.1, 0.15) is 62.8 Å². The molecular weight excluding hydrogens is 463 g/mol. The molecule has 0 aromatic heterocycles. The van der Waals surface area contributed by atoms with Crippen molar-refractivity contribution in [3.63, 3.8) is 0 Å². The van der Waals surface area contributed by atoms with E-state index in [9.17, 15) is 22.8 Å². The summed E-state index contributed by atoms with van der Waals surface area (Å²) in [5, 5.41) is 1.61. The Labute approximate surface area is 201 Å². The molecule has 8 heteroatoms. The van der Waals surface area contributed by atoms with Gasteiger partial charge in [-0.2, -0.15) is 0 Å². The molecule has 1 N–H and O–H groups in total. The smallest absolute Gasteiger partial charge is 0.405 e. The molecule has 0 saturated carbocycles. The predicted molar refractivity (Wildman–Crippen MR) is 128 cm³/mol. The van der Waals surface area contributed by atoms with Gasteiger partial charge in [-0.1, -0.05) is 45.9 Å². The van der Waals surface area contributed by atoms with Crippen molar-refractivity contribution in [2.45, 2.75) is 64.7 Å². The highest BCUT2D eigenvalue weighted by molar-refractivity contribution is 8.18. The Morgan fingerprint density at radius 3 is 2.15 bits per heavy atom. The largest absolute Gasteiger partial charge is 0.573 e. The number of carbonyl (C=O) groups excluding carboxylic acids is 2. The van der Waals surface area contributed by atoms with Crippen LogP contribution in [-0.4, -0.2) is 17.5 Å². The number of halogens is 3. The molecule has 1 fully saturated rings. The summed E-state index contributed by atoms with van der Waals surface area (Å²) in [6.07, 6.45) is -1.50. The standard InChI is InChI=1S/C26H26F3NO3S/c1-14-10-18-19(25(4,5)9-8-24(18,2)3)13-17(14)16-7-6-15(11-20(16)33-26(27,28)29)12-21-22(31)30-23(32)34-21/h6-7,10-13H,8-9H2,1-5H3,(H,30,31,32)/b21-12-. The van der Waals surface area contributed by atoms with Crippen LogP contribution in [0.3, 0.4) is 0 Å². The van der Waals surface area contributed by atoms with Crippen LogP contribution >= 0.6 is 11.8 Å². The maximum absolute atomic E-state index is 13.3. The molecule has 0 unspecified atom stereocenters. The van der Waals surface area contributed by atoms with Gasteiger partial charge in [-0.05, 0) is 88.4 Å². The molecule has 2 aromatic carbocycles. The first-order chi connectivity index (χ1) is 15.7. The molecule has 0 atom stereocenters. The minimum Gasteiger partial charge on any atom is -0.405 e. The SMILES string of the molecule is Cc1cc2c(cc1-c1ccc(/C=C3\SC(=O)NC3=O)cc1OC(F)(F)F)C(C)(C)CCC2(C)C. The number of benzene rings is 2. The minimum absolute atomic E-state index is 0.0214. The number of carbonyl (C=O) groups is 2. The molecule has 180 valence electrons. The first-order valence-corrected chi connectivity index (χ1v) is 11.8. The van der Waals surface area contributed by atoms with E-state index in [2.05, 4.69) is 43.8 Å². The third-order valence-electron chi connectivity index (χ3n) is 6.66. The number of hydrogen-bond donors (Lipinski definition) is 1. The zero-order valence-electron chi connectivity index (χ0n) is 19.6. The number of nitrogens with one attached hydrogen (secondary N) is 1. The van der Waals surface area contributed by atoms with Crippen molar-refractivity contribution in [2.24, 2.45) is 0 Å². The average molecular weight is 490 g/mol. The summed E-state index contributed by atoms with van der Waals surface area (Å²) < 4.78 is 44.4. The van der Waals surface area contributed by atoms with Crippen molar-refractivity contribution < 1.29 is 27.5 Å². The van der Waals surface area contributed by atoms with E-state index in [1.807, 2.05) is 13.0 Å². The highest BCUT2D eigenvalue weighted by Crippen LogP contribution is 2.48. The van der Waals surface area contributed by atoms with Crippen LogP contribution in [0.4, 0.5) is 18.0 Å². The quantitative estimate of drug-likeness (QED) is 0.462. The van der Waals surface area contributed by atoms with E-state index in [0.717, 1.165) is 24.0 Å². The number of rotatable bonds is 3. The summed E-state index contributed by atoms with van der Waals surface area (Å²) in [4.78, 5) is 23.4. The number of alkyl halides is 3. The topological polar surface area (TPSA) is 55.4 Å². The molecule has 2 aromatic rings. The Morgan fingerprint density at radius 1 is 0.971 bits per heavy atom. The van der Waals surface area contributed by atoms with Crippen LogP contribution in [0.25, 0.3) is 17.2 Å². The van der Waals surface area contributed by atoms with E-state index in [1.165, 1.54) is 17.7 Å². The zero-order chi connectivity index (χ0) is 25.1. The number of imide groups is 1. The second-order valence-electron chi connectivity index (χ2n) is 10.1. The van der Waals surface area contributed by atoms with Gasteiger partial charge in [-0.25, -0.2) is 0 Å². The molecule has 2 amide bonds. The molecule has 1 saturated heterocycles. The number of hydrogen-bond acceptors (Lipinski definition) is 4. The first-order valence-electron chi connectivity index (χ1n) is 11.0. The lowest BCUT2D eigenvalue weighted by atomic mass is 9.62. The number of thioether (sulfide) groups is 1. The number of fused-ring (bicyclic) bond motifs is 1. The molecule has 34 heavy (non-hydrogen) atoms. The maximum atomic E-state index is 13.3. The average Bonchev–Trinajstić information content (AvgIpc) is 3.01. The van der Waals surface area contributed by atoms with Gasteiger partial charge >= 0.3 is 6.36 Å². The van der Waals surface area contributed by atoms with Gasteiger partial charge in [0.05, 0.1) is 4.91 Å². The van der Waals surface area contributed by atoms with Crippen molar-refractivity contribution >= 4 is 29.0 Å². The highest BCUT2D eigenvalue weighted by atomic mass is 32.2. The lowest BCUT2D eigenvalue weighted by Gasteiger charge is -2.42. The molecular formula is C26H26F3NO3S. The Bertz CT molecular complexity index is 1230. The van der Waals surface area contributed by atoms with Crippen molar-refractivity contribution in [3.8, 4) is 16.9 Å². The van der Waals surface area contributed by atoms with Crippen molar-refractivity contribution in [3.05, 3.63) is 57.5 Å². The van der Waals surface area contributed by atoms with Crippen LogP contribution in [0.5, 0.6) is 5.75 Å². The molecule has 1 aliphatic carbocycles. The lowest BCUT2D eigenvalue weighted by Crippen LogP contribution is -2.34. The van der Waals surface area contributed by atoms with Gasteiger partial charge in [0.15, 0.2) is 0 Å². The Kier molecular flexibility index (Phi) is 5.87. The zero-order valence-corrected chi connectivity index (χ0v) is 20.5. The van der Waals surface area contributed by atoms with Gasteiger partial charge < -0.3 is 4.74 Å². The van der Waals surface area contributed by atoms with Gasteiger partial charge in [0, 0.05) is 5.56 Å². The first kappa shape index (κ1) is 24.4. The molecule has 0 radical (unpaired) electrons. The normalized spacial score (nSPS) is 20.3. The summed E-state index contributed by atoms with van der Waals surface area (Å²) >= 11 is 0.704. The van der Waals surface area contributed by atoms with Gasteiger partial charge in [-0.3, -0.25) is 14.9 Å². The highest BCUT2D eigenvalue weighted by Gasteiger charge is 2.38. The van der Waals surface area contributed by atoms with E-state index < -0.39 is 17.5 Å². The summed E-state index contributed by atoms with van der Waals surface area (Å²) in [5.74, 6) is -0.930. The van der Waals surface area contributed by atoms with Crippen molar-refractivity contribution in [1.82, 2.24) is 5.32 Å². The summed E-state index contributed by atoms with van der Waals surface area (Å²) in [6, 6.07) is 8.53. The Hall–Kier alpha value is -2.74. The van der Waals surface area contributed by atoms with Crippen molar-refractivity contribution in [2.75, 3.05) is 0 Å². The second kappa shape index (κ2) is 8.18. The predicted octanol–water partition coefficient (Wildman–Crippen LogP) is 7.23. The number of aryl methyl sites for hydroxylation is 1. The molecule has 4 nitrogen and oxygen atoms in total. The monoisotopic (exact) mass is 489 g/mol. The summed E-state index contributed by atoms with van der Waals surface area (Å²) in [5.41, 5.74) is 4.40. The fourth-order valence-electron chi connectivity index (χ4n) is 4.65. The fourth-order valence-corrected chi connectivity index (χ4v) is 5.33. The van der Waals surface area contributed by atoms with E-state index in [0.29, 0.717) is 28.5 Å². The molecule has 4 rings (SSSR count). The molecule has 0 bridgehead atoms. The third-order valence-corrected chi connectivity index (χ3v) is 7.47. The molecule has 2 aliphatic rings. The Morgan fingerprint density at radius 2 is 1.59 bits per heavy atom. The fraction of sp³-hybridized carbons (Fsp3) is 0.385. The second-order valence-corrected chi connectivity index (χ2v) is 11.2. The molecule has 1 heterocycles.